The van der Waals surface area contributed by atoms with E-state index in [0.717, 1.165) is 11.4 Å². The first-order valence-electron chi connectivity index (χ1n) is 23.2. The first-order chi connectivity index (χ1) is 31.7. The maximum absolute atomic E-state index is 2.92. The Kier molecular flexibility index (Phi) is 9.05. The lowest BCUT2D eigenvalue weighted by Gasteiger charge is -2.43. The summed E-state index contributed by atoms with van der Waals surface area (Å²) in [6.07, 6.45) is 2.37. The zero-order valence-corrected chi connectivity index (χ0v) is 38.6. The summed E-state index contributed by atoms with van der Waals surface area (Å²) in [5.41, 5.74) is 12.8. The molecule has 0 amide bonds. The van der Waals surface area contributed by atoms with E-state index in [1.54, 1.807) is 0 Å². The molecule has 2 nitrogen and oxygen atoms in total. The quantitative estimate of drug-likeness (QED) is 0.112. The molecular weight excluding hydrogens is 801 g/mol. The number of hydrogen-bond acceptors (Lipinski definition) is 0. The van der Waals surface area contributed by atoms with Gasteiger partial charge < -0.3 is 9.13 Å². The van der Waals surface area contributed by atoms with Crippen molar-refractivity contribution >= 4 is 72.4 Å². The Balaban J connectivity index is 1.12. The van der Waals surface area contributed by atoms with Crippen LogP contribution in [-0.2, 0) is 10.8 Å². The second kappa shape index (κ2) is 14.9. The van der Waals surface area contributed by atoms with E-state index in [4.69, 9.17) is 0 Å². The summed E-state index contributed by atoms with van der Waals surface area (Å²) in [7, 11) is -2.92. The highest BCUT2D eigenvalue weighted by Gasteiger charge is 2.44. The zero-order chi connectivity index (χ0) is 43.9. The molecule has 0 unspecified atom stereocenters. The van der Waals surface area contributed by atoms with E-state index in [2.05, 4.69) is 255 Å². The van der Waals surface area contributed by atoms with Gasteiger partial charge in [0.15, 0.2) is 8.07 Å². The normalized spacial score (nSPS) is 14.6. The Labute approximate surface area is 383 Å². The molecule has 2 aromatic heterocycles. The number of aromatic nitrogens is 2. The van der Waals surface area contributed by atoms with Crippen LogP contribution in [0.25, 0.3) is 66.1 Å². The van der Waals surface area contributed by atoms with Crippen molar-refractivity contribution in [2.45, 2.75) is 51.4 Å². The Morgan fingerprint density at radius 3 is 1.49 bits per heavy atom. The van der Waals surface area contributed by atoms with Crippen LogP contribution in [0.15, 0.2) is 218 Å². The topological polar surface area (TPSA) is 9.86 Å². The molecule has 0 aliphatic heterocycles. The lowest BCUT2D eigenvalue weighted by atomic mass is 9.63. The molecule has 0 spiro atoms. The molecule has 314 valence electrons. The molecular formula is C62H52N2Si. The van der Waals surface area contributed by atoms with Gasteiger partial charge >= 0.3 is 0 Å². The van der Waals surface area contributed by atoms with E-state index >= 15 is 0 Å². The molecule has 0 bridgehead atoms. The van der Waals surface area contributed by atoms with Crippen molar-refractivity contribution in [3.63, 3.8) is 0 Å². The number of para-hydroxylation sites is 2. The van der Waals surface area contributed by atoms with Crippen LogP contribution >= 0.6 is 0 Å². The highest BCUT2D eigenvalue weighted by atomic mass is 28.3. The predicted molar refractivity (Wildman–Crippen MR) is 279 cm³/mol. The van der Waals surface area contributed by atoms with Crippen LogP contribution in [0.4, 0.5) is 0 Å². The average molecular weight is 853 g/mol. The van der Waals surface area contributed by atoms with Gasteiger partial charge in [-0.25, -0.2) is 0 Å². The smallest absolute Gasteiger partial charge is 0.179 e. The minimum atomic E-state index is -2.92. The monoisotopic (exact) mass is 852 g/mol. The third kappa shape index (κ3) is 6.13. The van der Waals surface area contributed by atoms with Crippen molar-refractivity contribution in [3.05, 3.63) is 230 Å². The fourth-order valence-corrected chi connectivity index (χ4v) is 16.3. The molecule has 3 heteroatoms. The van der Waals surface area contributed by atoms with Crippen molar-refractivity contribution < 1.29 is 0 Å². The van der Waals surface area contributed by atoms with Crippen LogP contribution in [0, 0.1) is 0 Å². The van der Waals surface area contributed by atoms with E-state index in [-0.39, 0.29) is 10.8 Å². The molecule has 9 aromatic carbocycles. The van der Waals surface area contributed by atoms with Crippen molar-refractivity contribution in [2.75, 3.05) is 0 Å². The van der Waals surface area contributed by atoms with Crippen LogP contribution in [0.5, 0.6) is 0 Å². The van der Waals surface area contributed by atoms with Crippen molar-refractivity contribution in [3.8, 4) is 22.5 Å². The first-order valence-corrected chi connectivity index (χ1v) is 25.2. The largest absolute Gasteiger partial charge is 0.309 e. The standard InChI is InChI=1S/C62H52N2Si/c1-61(2)37-38-62(3,4)56-41-49(33-35-55(56)61)65(47-23-10-6-11-24-47,48-25-12-7-13-26-48)50-32-34-53-51-27-14-16-29-57(51)64(60(53)42-50)46-31-36-59-54(40-46)52-28-15-17-30-58(52)63(59)45-22-18-21-44(39-45)43-19-8-5-9-20-43/h5-36,39-42H,37-38H2,1-4H3. The first kappa shape index (κ1) is 39.4. The Hall–Kier alpha value is -7.20. The number of benzene rings is 9. The Morgan fingerprint density at radius 2 is 0.815 bits per heavy atom. The van der Waals surface area contributed by atoms with Gasteiger partial charge in [-0.1, -0.05) is 198 Å². The highest BCUT2D eigenvalue weighted by molar-refractivity contribution is 7.20. The maximum Gasteiger partial charge on any atom is 0.179 e. The van der Waals surface area contributed by atoms with Gasteiger partial charge in [-0.05, 0) is 115 Å². The molecule has 0 radical (unpaired) electrons. The van der Waals surface area contributed by atoms with Crippen LogP contribution < -0.4 is 20.7 Å². The van der Waals surface area contributed by atoms with Gasteiger partial charge in [0.2, 0.25) is 0 Å². The lowest BCUT2D eigenvalue weighted by Crippen LogP contribution is -2.75. The summed E-state index contributed by atoms with van der Waals surface area (Å²) in [5, 5.41) is 10.6. The van der Waals surface area contributed by atoms with Crippen LogP contribution in [-0.4, -0.2) is 17.2 Å². The van der Waals surface area contributed by atoms with Crippen molar-refractivity contribution in [1.29, 1.82) is 0 Å². The summed E-state index contributed by atoms with van der Waals surface area (Å²) in [4.78, 5) is 0. The number of fused-ring (bicyclic) bond motifs is 7. The molecule has 12 rings (SSSR count). The van der Waals surface area contributed by atoms with Gasteiger partial charge in [-0.2, -0.15) is 0 Å². The van der Waals surface area contributed by atoms with Gasteiger partial charge in [-0.3, -0.25) is 0 Å². The summed E-state index contributed by atoms with van der Waals surface area (Å²) < 4.78 is 4.97. The van der Waals surface area contributed by atoms with E-state index in [9.17, 15) is 0 Å². The fourth-order valence-electron chi connectivity index (χ4n) is 11.5. The third-order valence-corrected chi connectivity index (χ3v) is 19.7. The van der Waals surface area contributed by atoms with Crippen molar-refractivity contribution in [2.24, 2.45) is 0 Å². The van der Waals surface area contributed by atoms with Crippen LogP contribution in [0.3, 0.4) is 0 Å². The van der Waals surface area contributed by atoms with Gasteiger partial charge in [0.25, 0.3) is 0 Å². The molecule has 0 saturated heterocycles. The summed E-state index contributed by atoms with van der Waals surface area (Å²) >= 11 is 0. The second-order valence-corrected chi connectivity index (χ2v) is 23.4. The molecule has 0 fully saturated rings. The molecule has 0 N–H and O–H groups in total. The van der Waals surface area contributed by atoms with E-state index in [1.807, 2.05) is 0 Å². The van der Waals surface area contributed by atoms with E-state index in [1.165, 1.54) is 99.5 Å². The van der Waals surface area contributed by atoms with E-state index < -0.39 is 8.07 Å². The zero-order valence-electron chi connectivity index (χ0n) is 37.6. The molecule has 1 aliphatic rings. The summed E-state index contributed by atoms with van der Waals surface area (Å²) in [6, 6.07) is 82.6. The number of hydrogen-bond donors (Lipinski definition) is 0. The Morgan fingerprint density at radius 1 is 0.323 bits per heavy atom. The van der Waals surface area contributed by atoms with Gasteiger partial charge in [-0.15, -0.1) is 0 Å². The van der Waals surface area contributed by atoms with Crippen molar-refractivity contribution in [1.82, 2.24) is 9.13 Å². The minimum Gasteiger partial charge on any atom is -0.309 e. The lowest BCUT2D eigenvalue weighted by molar-refractivity contribution is 0.332. The summed E-state index contributed by atoms with van der Waals surface area (Å²) in [6.45, 7) is 9.79. The molecule has 2 heterocycles. The maximum atomic E-state index is 2.64. The fraction of sp³-hybridized carbons (Fsp3) is 0.129. The third-order valence-electron chi connectivity index (χ3n) is 14.9. The summed E-state index contributed by atoms with van der Waals surface area (Å²) in [5.74, 6) is 0. The number of nitrogens with zero attached hydrogens (tertiary/aromatic N) is 2. The molecule has 0 atom stereocenters. The molecule has 65 heavy (non-hydrogen) atoms. The van der Waals surface area contributed by atoms with Gasteiger partial charge in [0.05, 0.1) is 22.1 Å². The molecule has 11 aromatic rings. The highest BCUT2D eigenvalue weighted by Crippen LogP contribution is 2.46. The average Bonchev–Trinajstić information content (AvgIpc) is 3.86. The van der Waals surface area contributed by atoms with Crippen LogP contribution in [0.2, 0.25) is 0 Å². The minimum absolute atomic E-state index is 0.0806. The molecule has 0 saturated carbocycles. The SMILES string of the molecule is CC1(C)CCC(C)(C)c2cc([Si](c3ccccc3)(c3ccccc3)c3ccc4c5ccccc5n(-c5ccc6c(c5)c5ccccc5n6-c5cccc(-c6ccccc6)c5)c4c3)ccc21. The number of rotatable bonds is 7. The predicted octanol–water partition coefficient (Wildman–Crippen LogP) is 13.3. The van der Waals surface area contributed by atoms with Gasteiger partial charge in [0.1, 0.15) is 0 Å². The van der Waals surface area contributed by atoms with E-state index in [0.29, 0.717) is 0 Å². The molecule has 1 aliphatic carbocycles. The second-order valence-electron chi connectivity index (χ2n) is 19.6. The Bertz CT molecular complexity index is 3550. The van der Waals surface area contributed by atoms with Crippen LogP contribution in [0.1, 0.15) is 51.7 Å². The van der Waals surface area contributed by atoms with Gasteiger partial charge in [0, 0.05) is 32.9 Å².